The summed E-state index contributed by atoms with van der Waals surface area (Å²) in [6, 6.07) is 9.40. The lowest BCUT2D eigenvalue weighted by molar-refractivity contribution is 0.261. The summed E-state index contributed by atoms with van der Waals surface area (Å²) in [4.78, 5) is 0. The minimum Gasteiger partial charge on any atom is -0.489 e. The number of benzene rings is 2. The van der Waals surface area contributed by atoms with E-state index >= 15 is 0 Å². The molecule has 0 aliphatic carbocycles. The standard InChI is InChI=1S/C17H19F2NO/c1-11-4-5-13(8-12(11)2)16(20-3)10-21-17-7-6-14(18)9-15(17)19/h4-9,16,20H,10H2,1-3H3. The third kappa shape index (κ3) is 3.79. The molecule has 21 heavy (non-hydrogen) atoms. The molecule has 1 N–H and O–H groups in total. The quantitative estimate of drug-likeness (QED) is 0.901. The van der Waals surface area contributed by atoms with Gasteiger partial charge in [-0.2, -0.15) is 0 Å². The van der Waals surface area contributed by atoms with Crippen LogP contribution in [0, 0.1) is 25.5 Å². The first-order valence-corrected chi connectivity index (χ1v) is 6.83. The average molecular weight is 291 g/mol. The van der Waals surface area contributed by atoms with E-state index in [2.05, 4.69) is 18.3 Å². The summed E-state index contributed by atoms with van der Waals surface area (Å²) in [5.41, 5.74) is 3.49. The van der Waals surface area contributed by atoms with Crippen LogP contribution in [0.2, 0.25) is 0 Å². The summed E-state index contributed by atoms with van der Waals surface area (Å²) >= 11 is 0. The van der Waals surface area contributed by atoms with Crippen molar-refractivity contribution in [3.05, 3.63) is 64.7 Å². The number of nitrogens with one attached hydrogen (secondary N) is 1. The van der Waals surface area contributed by atoms with Gasteiger partial charge in [0, 0.05) is 6.07 Å². The largest absolute Gasteiger partial charge is 0.489 e. The zero-order valence-electron chi connectivity index (χ0n) is 12.4. The van der Waals surface area contributed by atoms with Crippen LogP contribution in [0.5, 0.6) is 5.75 Å². The van der Waals surface area contributed by atoms with Crippen LogP contribution in [0.4, 0.5) is 8.78 Å². The number of hydrogen-bond acceptors (Lipinski definition) is 2. The summed E-state index contributed by atoms with van der Waals surface area (Å²) in [6.45, 7) is 4.37. The molecule has 112 valence electrons. The molecule has 0 aromatic heterocycles. The van der Waals surface area contributed by atoms with Crippen LogP contribution in [-0.2, 0) is 0 Å². The van der Waals surface area contributed by atoms with Crippen LogP contribution in [0.3, 0.4) is 0 Å². The predicted molar refractivity (Wildman–Crippen MR) is 79.6 cm³/mol. The number of likely N-dealkylation sites (N-methyl/N-ethyl adjacent to an activating group) is 1. The molecule has 1 unspecified atom stereocenters. The third-order valence-corrected chi connectivity index (χ3v) is 3.58. The maximum absolute atomic E-state index is 13.5. The van der Waals surface area contributed by atoms with Crippen molar-refractivity contribution < 1.29 is 13.5 Å². The van der Waals surface area contributed by atoms with Crippen molar-refractivity contribution in [2.45, 2.75) is 19.9 Å². The molecule has 0 saturated carbocycles. The fourth-order valence-corrected chi connectivity index (χ4v) is 2.09. The Hall–Kier alpha value is -1.94. The maximum Gasteiger partial charge on any atom is 0.167 e. The Bertz CT molecular complexity index is 628. The fraction of sp³-hybridized carbons (Fsp3) is 0.294. The molecule has 0 radical (unpaired) electrons. The number of halogens is 2. The van der Waals surface area contributed by atoms with Crippen molar-refractivity contribution in [3.63, 3.8) is 0 Å². The van der Waals surface area contributed by atoms with Gasteiger partial charge in [0.25, 0.3) is 0 Å². The van der Waals surface area contributed by atoms with Crippen molar-refractivity contribution in [2.75, 3.05) is 13.7 Å². The van der Waals surface area contributed by atoms with E-state index in [0.29, 0.717) is 0 Å². The zero-order chi connectivity index (χ0) is 15.4. The number of hydrogen-bond donors (Lipinski definition) is 1. The Morgan fingerprint density at radius 1 is 1.05 bits per heavy atom. The van der Waals surface area contributed by atoms with E-state index in [0.717, 1.165) is 11.6 Å². The van der Waals surface area contributed by atoms with Crippen LogP contribution < -0.4 is 10.1 Å². The first kappa shape index (κ1) is 15.4. The first-order valence-electron chi connectivity index (χ1n) is 6.83. The Morgan fingerprint density at radius 3 is 2.43 bits per heavy atom. The van der Waals surface area contributed by atoms with Crippen LogP contribution in [-0.4, -0.2) is 13.7 Å². The maximum atomic E-state index is 13.5. The fourth-order valence-electron chi connectivity index (χ4n) is 2.09. The van der Waals surface area contributed by atoms with Gasteiger partial charge >= 0.3 is 0 Å². The molecule has 0 aliphatic heterocycles. The molecule has 4 heteroatoms. The molecule has 0 fully saturated rings. The van der Waals surface area contributed by atoms with E-state index in [1.807, 2.05) is 26.1 Å². The minimum atomic E-state index is -0.690. The Labute approximate surface area is 123 Å². The molecule has 2 rings (SSSR count). The molecule has 0 saturated heterocycles. The van der Waals surface area contributed by atoms with Gasteiger partial charge in [0.05, 0.1) is 6.04 Å². The van der Waals surface area contributed by atoms with Crippen LogP contribution in [0.25, 0.3) is 0 Å². The molecular formula is C17H19F2NO. The van der Waals surface area contributed by atoms with Gasteiger partial charge in [0.2, 0.25) is 0 Å². The second kappa shape index (κ2) is 6.68. The van der Waals surface area contributed by atoms with Crippen LogP contribution >= 0.6 is 0 Å². The minimum absolute atomic E-state index is 0.0560. The number of rotatable bonds is 5. The molecule has 2 nitrogen and oxygen atoms in total. The van der Waals surface area contributed by atoms with E-state index in [9.17, 15) is 8.78 Å². The highest BCUT2D eigenvalue weighted by atomic mass is 19.1. The molecule has 0 spiro atoms. The lowest BCUT2D eigenvalue weighted by Crippen LogP contribution is -2.23. The molecule has 2 aromatic carbocycles. The SMILES string of the molecule is CNC(COc1ccc(F)cc1F)c1ccc(C)c(C)c1. The second-order valence-electron chi connectivity index (χ2n) is 5.07. The van der Waals surface area contributed by atoms with E-state index < -0.39 is 11.6 Å². The molecule has 1 atom stereocenters. The molecule has 2 aromatic rings. The molecule has 0 aliphatic rings. The van der Waals surface area contributed by atoms with E-state index in [4.69, 9.17) is 4.74 Å². The highest BCUT2D eigenvalue weighted by Crippen LogP contribution is 2.21. The predicted octanol–water partition coefficient (Wildman–Crippen LogP) is 3.92. The number of ether oxygens (including phenoxy) is 1. The summed E-state index contributed by atoms with van der Waals surface area (Å²) in [6.07, 6.45) is 0. The van der Waals surface area contributed by atoms with Gasteiger partial charge in [0.15, 0.2) is 11.6 Å². The Kier molecular flexibility index (Phi) is 4.91. The highest BCUT2D eigenvalue weighted by molar-refractivity contribution is 5.32. The Morgan fingerprint density at radius 2 is 1.81 bits per heavy atom. The van der Waals surface area contributed by atoms with Crippen LogP contribution in [0.15, 0.2) is 36.4 Å². The summed E-state index contributed by atoms with van der Waals surface area (Å²) in [5.74, 6) is -1.25. The molecule has 0 bridgehead atoms. The summed E-state index contributed by atoms with van der Waals surface area (Å²) in [7, 11) is 1.82. The zero-order valence-corrected chi connectivity index (χ0v) is 12.4. The second-order valence-corrected chi connectivity index (χ2v) is 5.07. The van der Waals surface area contributed by atoms with Crippen LogP contribution in [0.1, 0.15) is 22.7 Å². The van der Waals surface area contributed by atoms with E-state index in [1.165, 1.54) is 23.3 Å². The van der Waals surface area contributed by atoms with Gasteiger partial charge in [-0.15, -0.1) is 0 Å². The van der Waals surface area contributed by atoms with E-state index in [1.54, 1.807) is 0 Å². The average Bonchev–Trinajstić information content (AvgIpc) is 2.45. The van der Waals surface area contributed by atoms with Crippen molar-refractivity contribution in [3.8, 4) is 5.75 Å². The van der Waals surface area contributed by atoms with Crippen molar-refractivity contribution in [2.24, 2.45) is 0 Å². The highest BCUT2D eigenvalue weighted by Gasteiger charge is 2.13. The monoisotopic (exact) mass is 291 g/mol. The van der Waals surface area contributed by atoms with Gasteiger partial charge in [0.1, 0.15) is 12.4 Å². The van der Waals surface area contributed by atoms with Gasteiger partial charge in [-0.1, -0.05) is 18.2 Å². The van der Waals surface area contributed by atoms with Gasteiger partial charge in [-0.3, -0.25) is 0 Å². The van der Waals surface area contributed by atoms with E-state index in [-0.39, 0.29) is 18.4 Å². The Balaban J connectivity index is 2.10. The lowest BCUT2D eigenvalue weighted by atomic mass is 10.0. The molecular weight excluding hydrogens is 272 g/mol. The normalized spacial score (nSPS) is 12.2. The molecule has 0 amide bonds. The van der Waals surface area contributed by atoms with Gasteiger partial charge in [-0.05, 0) is 49.7 Å². The van der Waals surface area contributed by atoms with Crippen molar-refractivity contribution >= 4 is 0 Å². The lowest BCUT2D eigenvalue weighted by Gasteiger charge is -2.19. The topological polar surface area (TPSA) is 21.3 Å². The smallest absolute Gasteiger partial charge is 0.167 e. The third-order valence-electron chi connectivity index (χ3n) is 3.58. The van der Waals surface area contributed by atoms with Gasteiger partial charge < -0.3 is 10.1 Å². The van der Waals surface area contributed by atoms with Gasteiger partial charge in [-0.25, -0.2) is 8.78 Å². The summed E-state index contributed by atoms with van der Waals surface area (Å²) in [5, 5.41) is 3.14. The summed E-state index contributed by atoms with van der Waals surface area (Å²) < 4.78 is 31.9. The van der Waals surface area contributed by atoms with Crippen molar-refractivity contribution in [1.82, 2.24) is 5.32 Å². The number of aryl methyl sites for hydroxylation is 2. The van der Waals surface area contributed by atoms with Crippen molar-refractivity contribution in [1.29, 1.82) is 0 Å². The molecule has 0 heterocycles. The first-order chi connectivity index (χ1) is 10.0.